The topological polar surface area (TPSA) is 37.4 Å². The van der Waals surface area contributed by atoms with E-state index >= 15 is 0 Å². The minimum Gasteiger partial charge on any atom is -0.284 e. The van der Waals surface area contributed by atoms with Crippen LogP contribution in [0.25, 0.3) is 0 Å². The lowest BCUT2D eigenvalue weighted by Crippen LogP contribution is -2.43. The molecule has 12 heteroatoms. The Morgan fingerprint density at radius 1 is 0.737 bits per heavy atom. The molecule has 0 saturated carbocycles. The molecule has 0 spiro atoms. The maximum Gasteiger partial charge on any atom is 0.416 e. The summed E-state index contributed by atoms with van der Waals surface area (Å²) in [5.74, 6) is -2.49. The lowest BCUT2D eigenvalue weighted by molar-refractivity contribution is -0.138. The summed E-state index contributed by atoms with van der Waals surface area (Å²) in [7, 11) is -3.92. The quantitative estimate of drug-likeness (QED) is 0.307. The van der Waals surface area contributed by atoms with Gasteiger partial charge in [0.15, 0.2) is 9.84 Å². The van der Waals surface area contributed by atoms with Crippen molar-refractivity contribution in [1.82, 2.24) is 4.90 Å². The highest BCUT2D eigenvalue weighted by Crippen LogP contribution is 2.38. The summed E-state index contributed by atoms with van der Waals surface area (Å²) in [4.78, 5) is 1.69. The number of halogens is 8. The Bertz CT molecular complexity index is 1360. The number of sulfone groups is 1. The van der Waals surface area contributed by atoms with Crippen LogP contribution >= 0.6 is 0 Å². The molecule has 0 N–H and O–H groups in total. The summed E-state index contributed by atoms with van der Waals surface area (Å²) in [5, 5.41) is 0.975. The number of hydrogen-bond donors (Lipinski definition) is 0. The normalized spacial score (nSPS) is 15.0. The molecule has 3 nitrogen and oxygen atoms in total. The molecule has 0 bridgehead atoms. The van der Waals surface area contributed by atoms with E-state index in [9.17, 15) is 43.5 Å². The molecule has 0 unspecified atom stereocenters. The minimum atomic E-state index is -4.58. The minimum absolute atomic E-state index is 0.0590. The van der Waals surface area contributed by atoms with E-state index in [1.807, 2.05) is 0 Å². The van der Waals surface area contributed by atoms with Crippen LogP contribution in [0.2, 0.25) is 0 Å². The Labute approximate surface area is 212 Å². The first-order chi connectivity index (χ1) is 17.6. The van der Waals surface area contributed by atoms with E-state index < -0.39 is 56.7 Å². The van der Waals surface area contributed by atoms with Gasteiger partial charge in [0, 0.05) is 24.6 Å². The Morgan fingerprint density at radius 3 is 1.55 bits per heavy atom. The zero-order chi connectivity index (χ0) is 27.9. The van der Waals surface area contributed by atoms with Crippen LogP contribution in [0.3, 0.4) is 0 Å². The van der Waals surface area contributed by atoms with Crippen LogP contribution in [0.5, 0.6) is 0 Å². The third-order valence-electron chi connectivity index (χ3n) is 5.92. The summed E-state index contributed by atoms with van der Waals surface area (Å²) in [6, 6.07) is 10.0. The second-order valence-electron chi connectivity index (χ2n) is 8.91. The molecule has 3 aromatic rings. The molecule has 1 heterocycles. The lowest BCUT2D eigenvalue weighted by Gasteiger charge is -2.41. The lowest BCUT2D eigenvalue weighted by atomic mass is 9.92. The van der Waals surface area contributed by atoms with E-state index in [1.54, 1.807) is 4.90 Å². The second kappa shape index (κ2) is 10.1. The Kier molecular flexibility index (Phi) is 7.41. The summed E-state index contributed by atoms with van der Waals surface area (Å²) in [5.41, 5.74) is -0.702. The van der Waals surface area contributed by atoms with Gasteiger partial charge in [-0.05, 0) is 58.7 Å². The van der Waals surface area contributed by atoms with Crippen LogP contribution < -0.4 is 0 Å². The SMILES string of the molecule is O=S(=O)(C=C1CN(C(c2ccc(C(F)(F)F)cc2)c2ccc(C(F)(F)F)cc2)C1)Cc1cc(F)cc(F)c1. The van der Waals surface area contributed by atoms with Crippen LogP contribution in [0, 0.1) is 11.6 Å². The van der Waals surface area contributed by atoms with E-state index in [1.165, 1.54) is 24.3 Å². The van der Waals surface area contributed by atoms with Crippen molar-refractivity contribution in [2.45, 2.75) is 24.1 Å². The first kappa shape index (κ1) is 27.8. The van der Waals surface area contributed by atoms with Crippen molar-refractivity contribution in [3.05, 3.63) is 117 Å². The highest BCUT2D eigenvalue weighted by atomic mass is 32.2. The predicted molar refractivity (Wildman–Crippen MR) is 123 cm³/mol. The largest absolute Gasteiger partial charge is 0.416 e. The molecular formula is C26H19F8NO2S. The van der Waals surface area contributed by atoms with Crippen molar-refractivity contribution >= 4 is 9.84 Å². The van der Waals surface area contributed by atoms with E-state index in [0.29, 0.717) is 22.8 Å². The fourth-order valence-corrected chi connectivity index (χ4v) is 5.65. The van der Waals surface area contributed by atoms with E-state index in [2.05, 4.69) is 0 Å². The molecule has 4 rings (SSSR count). The summed E-state index contributed by atoms with van der Waals surface area (Å²) in [6.45, 7) is 0.118. The zero-order valence-corrected chi connectivity index (χ0v) is 20.1. The molecule has 0 radical (unpaired) electrons. The molecule has 0 aromatic heterocycles. The Morgan fingerprint density at radius 2 is 1.16 bits per heavy atom. The maximum absolute atomic E-state index is 13.4. The van der Waals surface area contributed by atoms with Gasteiger partial charge in [-0.2, -0.15) is 26.3 Å². The van der Waals surface area contributed by atoms with Crippen molar-refractivity contribution in [2.75, 3.05) is 13.1 Å². The summed E-state index contributed by atoms with van der Waals surface area (Å²) < 4.78 is 130. The number of likely N-dealkylation sites (tertiary alicyclic amines) is 1. The average Bonchev–Trinajstić information content (AvgIpc) is 2.76. The van der Waals surface area contributed by atoms with E-state index in [-0.39, 0.29) is 18.7 Å². The van der Waals surface area contributed by atoms with Crippen molar-refractivity contribution in [3.63, 3.8) is 0 Å². The first-order valence-corrected chi connectivity index (χ1v) is 12.8. The van der Waals surface area contributed by atoms with E-state index in [4.69, 9.17) is 0 Å². The van der Waals surface area contributed by atoms with Crippen LogP contribution in [-0.2, 0) is 27.9 Å². The van der Waals surface area contributed by atoms with Gasteiger partial charge in [-0.15, -0.1) is 0 Å². The van der Waals surface area contributed by atoms with Crippen molar-refractivity contribution in [1.29, 1.82) is 0 Å². The number of alkyl halides is 6. The molecule has 38 heavy (non-hydrogen) atoms. The molecule has 3 aromatic carbocycles. The van der Waals surface area contributed by atoms with Crippen LogP contribution in [0.4, 0.5) is 35.1 Å². The van der Waals surface area contributed by atoms with Crippen LogP contribution in [-0.4, -0.2) is 26.4 Å². The van der Waals surface area contributed by atoms with Gasteiger partial charge in [-0.1, -0.05) is 24.3 Å². The third kappa shape index (κ3) is 6.60. The molecule has 202 valence electrons. The number of hydrogen-bond acceptors (Lipinski definition) is 3. The summed E-state index contributed by atoms with van der Waals surface area (Å²) >= 11 is 0. The maximum atomic E-state index is 13.4. The van der Waals surface area contributed by atoms with Gasteiger partial charge >= 0.3 is 12.4 Å². The third-order valence-corrected chi connectivity index (χ3v) is 7.35. The van der Waals surface area contributed by atoms with Gasteiger partial charge in [0.1, 0.15) is 11.6 Å². The molecule has 1 aliphatic rings. The van der Waals surface area contributed by atoms with Crippen molar-refractivity contribution < 1.29 is 43.5 Å². The Balaban J connectivity index is 1.58. The van der Waals surface area contributed by atoms with Gasteiger partial charge in [0.25, 0.3) is 0 Å². The molecular weight excluding hydrogens is 542 g/mol. The second-order valence-corrected chi connectivity index (χ2v) is 10.8. The van der Waals surface area contributed by atoms with Crippen molar-refractivity contribution in [2.24, 2.45) is 0 Å². The fourth-order valence-electron chi connectivity index (χ4n) is 4.28. The molecule has 0 atom stereocenters. The number of rotatable bonds is 6. The van der Waals surface area contributed by atoms with Crippen LogP contribution in [0.15, 0.2) is 77.7 Å². The summed E-state index contributed by atoms with van der Waals surface area (Å²) in [6.07, 6.45) is -9.15. The molecule has 1 aliphatic heterocycles. The van der Waals surface area contributed by atoms with Gasteiger partial charge in [0.05, 0.1) is 22.9 Å². The monoisotopic (exact) mass is 561 g/mol. The number of benzene rings is 3. The molecule has 1 fully saturated rings. The molecule has 1 saturated heterocycles. The average molecular weight is 561 g/mol. The zero-order valence-electron chi connectivity index (χ0n) is 19.3. The highest BCUT2D eigenvalue weighted by Gasteiger charge is 2.35. The van der Waals surface area contributed by atoms with Gasteiger partial charge < -0.3 is 0 Å². The van der Waals surface area contributed by atoms with Gasteiger partial charge in [0.2, 0.25) is 0 Å². The van der Waals surface area contributed by atoms with E-state index in [0.717, 1.165) is 41.8 Å². The van der Waals surface area contributed by atoms with Crippen LogP contribution in [0.1, 0.15) is 33.9 Å². The predicted octanol–water partition coefficient (Wildman–Crippen LogP) is 6.91. The smallest absolute Gasteiger partial charge is 0.284 e. The van der Waals surface area contributed by atoms with Gasteiger partial charge in [-0.25, -0.2) is 17.2 Å². The molecule has 0 aliphatic carbocycles. The highest BCUT2D eigenvalue weighted by molar-refractivity contribution is 7.93. The molecule has 0 amide bonds. The van der Waals surface area contributed by atoms with Crippen molar-refractivity contribution in [3.8, 4) is 0 Å². The first-order valence-electron chi connectivity index (χ1n) is 11.1. The fraction of sp³-hybridized carbons (Fsp3) is 0.231. The number of nitrogens with zero attached hydrogens (tertiary/aromatic N) is 1. The Hall–Kier alpha value is -3.25. The standard InChI is InChI=1S/C26H19F8NO2S/c27-22-9-16(10-23(28)11-22)14-38(36,37)15-17-12-35(13-17)24(18-1-5-20(6-2-18)25(29,30)31)19-3-7-21(8-4-19)26(32,33)34/h1-11,15,24H,12-14H2. The van der Waals surface area contributed by atoms with Gasteiger partial charge in [-0.3, -0.25) is 4.90 Å².